The molecule has 20 heavy (non-hydrogen) atoms. The molecule has 1 aromatic carbocycles. The fourth-order valence-corrected chi connectivity index (χ4v) is 2.06. The molecule has 1 amide bonds. The molecule has 0 aliphatic heterocycles. The lowest BCUT2D eigenvalue weighted by Gasteiger charge is -2.13. The molecule has 1 aromatic rings. The van der Waals surface area contributed by atoms with Gasteiger partial charge in [0.15, 0.2) is 0 Å². The standard InChI is InChI=1S/C15H22N2O3/c1-10-6-7-11(2)13(15(19)20)12(10)14(18)16-8-5-9-17(3)4/h6-7H,5,8-9H2,1-4H3,(H,16,18)(H,19,20). The molecule has 0 saturated heterocycles. The highest BCUT2D eigenvalue weighted by atomic mass is 16.4. The number of carboxylic acids is 1. The molecule has 0 aliphatic rings. The van der Waals surface area contributed by atoms with Crippen LogP contribution >= 0.6 is 0 Å². The third-order valence-electron chi connectivity index (χ3n) is 3.13. The Morgan fingerprint density at radius 2 is 1.70 bits per heavy atom. The van der Waals surface area contributed by atoms with Gasteiger partial charge in [0, 0.05) is 6.54 Å². The molecule has 0 radical (unpaired) electrons. The van der Waals surface area contributed by atoms with Crippen LogP contribution in [0.4, 0.5) is 0 Å². The smallest absolute Gasteiger partial charge is 0.336 e. The summed E-state index contributed by atoms with van der Waals surface area (Å²) >= 11 is 0. The number of carboxylic acid groups (broad SMARTS) is 1. The Balaban J connectivity index is 2.87. The van der Waals surface area contributed by atoms with Crippen molar-refractivity contribution in [1.29, 1.82) is 0 Å². The van der Waals surface area contributed by atoms with Gasteiger partial charge in [0.2, 0.25) is 0 Å². The van der Waals surface area contributed by atoms with Crippen molar-refractivity contribution in [1.82, 2.24) is 10.2 Å². The van der Waals surface area contributed by atoms with Gasteiger partial charge in [0.25, 0.3) is 5.91 Å². The quantitative estimate of drug-likeness (QED) is 0.777. The number of aryl methyl sites for hydroxylation is 2. The highest BCUT2D eigenvalue weighted by Gasteiger charge is 2.20. The number of carbonyl (C=O) groups excluding carboxylic acids is 1. The third-order valence-corrected chi connectivity index (χ3v) is 3.13. The van der Waals surface area contributed by atoms with E-state index in [2.05, 4.69) is 5.32 Å². The fourth-order valence-electron chi connectivity index (χ4n) is 2.06. The minimum absolute atomic E-state index is 0.0927. The minimum atomic E-state index is -1.07. The number of nitrogens with zero attached hydrogens (tertiary/aromatic N) is 1. The van der Waals surface area contributed by atoms with Gasteiger partial charge < -0.3 is 15.3 Å². The van der Waals surface area contributed by atoms with Crippen LogP contribution in [0.5, 0.6) is 0 Å². The molecule has 0 spiro atoms. The van der Waals surface area contributed by atoms with E-state index < -0.39 is 5.97 Å². The van der Waals surface area contributed by atoms with E-state index in [0.29, 0.717) is 17.7 Å². The number of hydrogen-bond donors (Lipinski definition) is 2. The zero-order valence-electron chi connectivity index (χ0n) is 12.5. The lowest BCUT2D eigenvalue weighted by molar-refractivity contribution is 0.0690. The van der Waals surface area contributed by atoms with Crippen LogP contribution in [0.25, 0.3) is 0 Å². The van der Waals surface area contributed by atoms with Crippen molar-refractivity contribution in [2.45, 2.75) is 20.3 Å². The fraction of sp³-hybridized carbons (Fsp3) is 0.467. The number of rotatable bonds is 6. The molecule has 0 aromatic heterocycles. The largest absolute Gasteiger partial charge is 0.478 e. The van der Waals surface area contributed by atoms with Crippen LogP contribution in [-0.2, 0) is 0 Å². The Labute approximate surface area is 119 Å². The van der Waals surface area contributed by atoms with Gasteiger partial charge in [-0.25, -0.2) is 4.79 Å². The molecule has 1 rings (SSSR count). The maximum atomic E-state index is 12.2. The summed E-state index contributed by atoms with van der Waals surface area (Å²) < 4.78 is 0. The molecule has 0 aliphatic carbocycles. The lowest BCUT2D eigenvalue weighted by Crippen LogP contribution is -2.29. The van der Waals surface area contributed by atoms with Crippen LogP contribution < -0.4 is 5.32 Å². The van der Waals surface area contributed by atoms with Crippen LogP contribution in [0.3, 0.4) is 0 Å². The number of benzene rings is 1. The van der Waals surface area contributed by atoms with E-state index in [-0.39, 0.29) is 17.0 Å². The van der Waals surface area contributed by atoms with E-state index in [1.54, 1.807) is 26.0 Å². The molecule has 0 bridgehead atoms. The summed E-state index contributed by atoms with van der Waals surface area (Å²) in [6.07, 6.45) is 0.825. The Hall–Kier alpha value is -1.88. The summed E-state index contributed by atoms with van der Waals surface area (Å²) in [5.74, 6) is -1.38. The SMILES string of the molecule is Cc1ccc(C)c(C(=O)NCCCN(C)C)c1C(=O)O. The summed E-state index contributed by atoms with van der Waals surface area (Å²) in [6.45, 7) is 4.86. The highest BCUT2D eigenvalue weighted by Crippen LogP contribution is 2.18. The number of carbonyl (C=O) groups is 2. The molecule has 0 atom stereocenters. The maximum Gasteiger partial charge on any atom is 0.336 e. The maximum absolute atomic E-state index is 12.2. The average Bonchev–Trinajstić information content (AvgIpc) is 2.36. The van der Waals surface area contributed by atoms with Crippen LogP contribution in [0.2, 0.25) is 0 Å². The van der Waals surface area contributed by atoms with Crippen molar-refractivity contribution in [3.63, 3.8) is 0 Å². The molecule has 0 saturated carbocycles. The van der Waals surface area contributed by atoms with Gasteiger partial charge in [0.05, 0.1) is 11.1 Å². The van der Waals surface area contributed by atoms with E-state index in [1.807, 2.05) is 19.0 Å². The summed E-state index contributed by atoms with van der Waals surface area (Å²) in [5.41, 5.74) is 1.64. The van der Waals surface area contributed by atoms with Crippen LogP contribution in [0, 0.1) is 13.8 Å². The second-order valence-electron chi connectivity index (χ2n) is 5.17. The number of amides is 1. The van der Waals surface area contributed by atoms with E-state index >= 15 is 0 Å². The molecule has 2 N–H and O–H groups in total. The average molecular weight is 278 g/mol. The first-order valence-corrected chi connectivity index (χ1v) is 6.61. The summed E-state index contributed by atoms with van der Waals surface area (Å²) in [4.78, 5) is 25.6. The number of nitrogens with one attached hydrogen (secondary N) is 1. The van der Waals surface area contributed by atoms with Gasteiger partial charge in [-0.3, -0.25) is 4.79 Å². The Kier molecular flexibility index (Phi) is 5.70. The number of hydrogen-bond acceptors (Lipinski definition) is 3. The molecule has 0 fully saturated rings. The van der Waals surface area contributed by atoms with Crippen LogP contribution in [0.15, 0.2) is 12.1 Å². The lowest BCUT2D eigenvalue weighted by atomic mass is 9.96. The first-order valence-electron chi connectivity index (χ1n) is 6.61. The van der Waals surface area contributed by atoms with Crippen LogP contribution in [0.1, 0.15) is 38.3 Å². The molecule has 5 nitrogen and oxygen atoms in total. The van der Waals surface area contributed by atoms with E-state index in [0.717, 1.165) is 13.0 Å². The zero-order valence-corrected chi connectivity index (χ0v) is 12.5. The van der Waals surface area contributed by atoms with Crippen molar-refractivity contribution >= 4 is 11.9 Å². The second-order valence-corrected chi connectivity index (χ2v) is 5.17. The predicted molar refractivity (Wildman–Crippen MR) is 78.4 cm³/mol. The summed E-state index contributed by atoms with van der Waals surface area (Å²) in [6, 6.07) is 3.50. The Bertz CT molecular complexity index is 510. The van der Waals surface area contributed by atoms with Gasteiger partial charge in [0.1, 0.15) is 0 Å². The monoisotopic (exact) mass is 278 g/mol. The molecule has 0 heterocycles. The van der Waals surface area contributed by atoms with Gasteiger partial charge in [-0.1, -0.05) is 12.1 Å². The highest BCUT2D eigenvalue weighted by molar-refractivity contribution is 6.06. The third kappa shape index (κ3) is 4.06. The van der Waals surface area contributed by atoms with E-state index in [9.17, 15) is 14.7 Å². The first-order chi connectivity index (χ1) is 9.34. The van der Waals surface area contributed by atoms with Crippen molar-refractivity contribution in [3.05, 3.63) is 34.4 Å². The van der Waals surface area contributed by atoms with Crippen molar-refractivity contribution in [2.24, 2.45) is 0 Å². The van der Waals surface area contributed by atoms with E-state index in [1.165, 1.54) is 0 Å². The summed E-state index contributed by atoms with van der Waals surface area (Å²) in [5, 5.41) is 12.1. The zero-order chi connectivity index (χ0) is 15.3. The Morgan fingerprint density at radius 3 is 2.20 bits per heavy atom. The molecular weight excluding hydrogens is 256 g/mol. The van der Waals surface area contributed by atoms with Gasteiger partial charge >= 0.3 is 5.97 Å². The van der Waals surface area contributed by atoms with Gasteiger partial charge in [-0.05, 0) is 52.0 Å². The topological polar surface area (TPSA) is 69.6 Å². The molecular formula is C15H22N2O3. The predicted octanol–water partition coefficient (Wildman–Crippen LogP) is 1.68. The normalized spacial score (nSPS) is 10.7. The number of aromatic carboxylic acids is 1. The van der Waals surface area contributed by atoms with Gasteiger partial charge in [-0.15, -0.1) is 0 Å². The minimum Gasteiger partial charge on any atom is -0.478 e. The van der Waals surface area contributed by atoms with Crippen molar-refractivity contribution in [3.8, 4) is 0 Å². The second kappa shape index (κ2) is 7.05. The molecule has 0 unspecified atom stereocenters. The van der Waals surface area contributed by atoms with E-state index in [4.69, 9.17) is 0 Å². The van der Waals surface area contributed by atoms with Gasteiger partial charge in [-0.2, -0.15) is 0 Å². The molecule has 5 heteroatoms. The molecule has 110 valence electrons. The van der Waals surface area contributed by atoms with Crippen molar-refractivity contribution < 1.29 is 14.7 Å². The van der Waals surface area contributed by atoms with Crippen molar-refractivity contribution in [2.75, 3.05) is 27.2 Å². The summed E-state index contributed by atoms with van der Waals surface area (Å²) in [7, 11) is 3.93. The first kappa shape index (κ1) is 16.2. The Morgan fingerprint density at radius 1 is 1.15 bits per heavy atom. The van der Waals surface area contributed by atoms with Crippen LogP contribution in [-0.4, -0.2) is 49.1 Å².